The molecule has 112 valence electrons. The van der Waals surface area contributed by atoms with Crippen LogP contribution in [0, 0.1) is 0 Å². The van der Waals surface area contributed by atoms with Crippen molar-refractivity contribution < 1.29 is 19.7 Å². The van der Waals surface area contributed by atoms with E-state index in [2.05, 4.69) is 5.32 Å². The van der Waals surface area contributed by atoms with Gasteiger partial charge in [0.25, 0.3) is 0 Å². The third kappa shape index (κ3) is 4.51. The van der Waals surface area contributed by atoms with Crippen molar-refractivity contribution in [2.75, 3.05) is 13.2 Å². The lowest BCUT2D eigenvalue weighted by molar-refractivity contribution is -0.00551. The van der Waals surface area contributed by atoms with E-state index in [1.807, 2.05) is 13.8 Å². The number of nitrogens with one attached hydrogen (secondary N) is 1. The molecule has 0 amide bonds. The molecule has 0 aliphatic carbocycles. The van der Waals surface area contributed by atoms with Gasteiger partial charge in [-0.3, -0.25) is 0 Å². The molecule has 0 bridgehead atoms. The van der Waals surface area contributed by atoms with Crippen molar-refractivity contribution in [1.29, 1.82) is 0 Å². The van der Waals surface area contributed by atoms with E-state index in [4.69, 9.17) is 9.84 Å². The van der Waals surface area contributed by atoms with Gasteiger partial charge in [0.2, 0.25) is 0 Å². The van der Waals surface area contributed by atoms with Crippen molar-refractivity contribution in [3.05, 3.63) is 29.8 Å². The second-order valence-corrected chi connectivity index (χ2v) is 5.79. The smallest absolute Gasteiger partial charge is 0.335 e. The van der Waals surface area contributed by atoms with Gasteiger partial charge in [0, 0.05) is 12.1 Å². The van der Waals surface area contributed by atoms with E-state index in [-0.39, 0.29) is 5.56 Å². The van der Waals surface area contributed by atoms with Crippen molar-refractivity contribution in [2.45, 2.75) is 38.8 Å². The van der Waals surface area contributed by atoms with Crippen molar-refractivity contribution >= 4 is 5.97 Å². The molecule has 0 radical (unpaired) electrons. The zero-order chi connectivity index (χ0) is 15.4. The quantitative estimate of drug-likeness (QED) is 0.665. The van der Waals surface area contributed by atoms with Crippen LogP contribution in [-0.4, -0.2) is 40.5 Å². The largest absolute Gasteiger partial charge is 0.492 e. The predicted octanol–water partition coefficient (Wildman–Crippen LogP) is 1.90. The molecule has 1 aromatic rings. The molecule has 1 rings (SSSR count). The SMILES string of the molecule is CC(C)(O)C(C)(C)NCCOc1cccc(C(=O)O)c1. The Bertz CT molecular complexity index is 463. The summed E-state index contributed by atoms with van der Waals surface area (Å²) < 4.78 is 5.50. The van der Waals surface area contributed by atoms with Crippen LogP contribution < -0.4 is 10.1 Å². The second kappa shape index (κ2) is 6.24. The fourth-order valence-corrected chi connectivity index (χ4v) is 1.47. The summed E-state index contributed by atoms with van der Waals surface area (Å²) in [5.74, 6) is -0.454. The van der Waals surface area contributed by atoms with E-state index in [1.54, 1.807) is 26.0 Å². The Kier molecular flexibility index (Phi) is 5.14. The van der Waals surface area contributed by atoms with Crippen molar-refractivity contribution in [3.8, 4) is 5.75 Å². The average molecular weight is 281 g/mol. The predicted molar refractivity (Wildman–Crippen MR) is 77.3 cm³/mol. The average Bonchev–Trinajstić information content (AvgIpc) is 2.33. The van der Waals surface area contributed by atoms with Gasteiger partial charge in [-0.15, -0.1) is 0 Å². The van der Waals surface area contributed by atoms with Gasteiger partial charge in [-0.1, -0.05) is 6.07 Å². The molecule has 0 aliphatic rings. The molecule has 5 nitrogen and oxygen atoms in total. The zero-order valence-electron chi connectivity index (χ0n) is 12.4. The summed E-state index contributed by atoms with van der Waals surface area (Å²) in [6.07, 6.45) is 0. The van der Waals surface area contributed by atoms with E-state index in [9.17, 15) is 9.90 Å². The maximum atomic E-state index is 10.8. The van der Waals surface area contributed by atoms with E-state index in [0.29, 0.717) is 18.9 Å². The first-order valence-electron chi connectivity index (χ1n) is 6.57. The van der Waals surface area contributed by atoms with E-state index < -0.39 is 17.1 Å². The minimum atomic E-state index is -0.975. The lowest BCUT2D eigenvalue weighted by Gasteiger charge is -2.38. The lowest BCUT2D eigenvalue weighted by Crippen LogP contribution is -2.56. The molecule has 5 heteroatoms. The van der Waals surface area contributed by atoms with E-state index >= 15 is 0 Å². The number of rotatable bonds is 7. The van der Waals surface area contributed by atoms with Gasteiger partial charge in [-0.25, -0.2) is 4.79 Å². The molecule has 0 atom stereocenters. The van der Waals surface area contributed by atoms with Gasteiger partial charge in [-0.05, 0) is 45.9 Å². The highest BCUT2D eigenvalue weighted by atomic mass is 16.5. The number of benzene rings is 1. The molecule has 1 aromatic carbocycles. The van der Waals surface area contributed by atoms with Crippen LogP contribution in [0.15, 0.2) is 24.3 Å². The Labute approximate surface area is 119 Å². The molecule has 3 N–H and O–H groups in total. The van der Waals surface area contributed by atoms with Crippen LogP contribution in [0.3, 0.4) is 0 Å². The molecule has 0 heterocycles. The van der Waals surface area contributed by atoms with Gasteiger partial charge in [-0.2, -0.15) is 0 Å². The van der Waals surface area contributed by atoms with E-state index in [0.717, 1.165) is 0 Å². The van der Waals surface area contributed by atoms with Gasteiger partial charge >= 0.3 is 5.97 Å². The van der Waals surface area contributed by atoms with Crippen LogP contribution in [0.5, 0.6) is 5.75 Å². The number of hydrogen-bond acceptors (Lipinski definition) is 4. The molecule has 20 heavy (non-hydrogen) atoms. The van der Waals surface area contributed by atoms with Crippen LogP contribution in [0.1, 0.15) is 38.1 Å². The number of aliphatic hydroxyl groups is 1. The minimum absolute atomic E-state index is 0.201. The molecule has 0 saturated carbocycles. The number of aromatic carboxylic acids is 1. The van der Waals surface area contributed by atoms with Crippen molar-refractivity contribution in [2.24, 2.45) is 0 Å². The van der Waals surface area contributed by atoms with Gasteiger partial charge in [0.15, 0.2) is 0 Å². The molecular formula is C15H23NO4. The van der Waals surface area contributed by atoms with Gasteiger partial charge < -0.3 is 20.3 Å². The standard InChI is InChI=1S/C15H23NO4/c1-14(2,15(3,4)19)16-8-9-20-12-7-5-6-11(10-12)13(17)18/h5-7,10,16,19H,8-9H2,1-4H3,(H,17,18). The highest BCUT2D eigenvalue weighted by Gasteiger charge is 2.34. The van der Waals surface area contributed by atoms with Crippen LogP contribution >= 0.6 is 0 Å². The highest BCUT2D eigenvalue weighted by Crippen LogP contribution is 2.20. The maximum absolute atomic E-state index is 10.8. The number of carboxylic acid groups (broad SMARTS) is 1. The molecule has 0 unspecified atom stereocenters. The summed E-state index contributed by atoms with van der Waals surface area (Å²) in [6, 6.07) is 6.37. The first-order valence-corrected chi connectivity index (χ1v) is 6.57. The highest BCUT2D eigenvalue weighted by molar-refractivity contribution is 5.87. The molecule has 0 aromatic heterocycles. The Morgan fingerprint density at radius 3 is 2.50 bits per heavy atom. The Hall–Kier alpha value is -1.59. The first-order chi connectivity index (χ1) is 9.13. The minimum Gasteiger partial charge on any atom is -0.492 e. The Morgan fingerprint density at radius 2 is 1.95 bits per heavy atom. The number of ether oxygens (including phenoxy) is 1. The zero-order valence-corrected chi connectivity index (χ0v) is 12.4. The number of carboxylic acids is 1. The van der Waals surface area contributed by atoms with Gasteiger partial charge in [0.05, 0.1) is 11.2 Å². The third-order valence-corrected chi connectivity index (χ3v) is 3.55. The molecular weight excluding hydrogens is 258 g/mol. The normalized spacial score (nSPS) is 12.2. The molecule has 0 aliphatic heterocycles. The second-order valence-electron chi connectivity index (χ2n) is 5.79. The molecule has 0 saturated heterocycles. The Morgan fingerprint density at radius 1 is 1.30 bits per heavy atom. The monoisotopic (exact) mass is 281 g/mol. The maximum Gasteiger partial charge on any atom is 0.335 e. The first kappa shape index (κ1) is 16.5. The fraction of sp³-hybridized carbons (Fsp3) is 0.533. The molecule has 0 spiro atoms. The summed E-state index contributed by atoms with van der Waals surface area (Å²) >= 11 is 0. The summed E-state index contributed by atoms with van der Waals surface area (Å²) in [5.41, 5.74) is -1.09. The summed E-state index contributed by atoms with van der Waals surface area (Å²) in [4.78, 5) is 10.8. The summed E-state index contributed by atoms with van der Waals surface area (Å²) in [5, 5.41) is 22.1. The number of carbonyl (C=O) groups is 1. The fourth-order valence-electron chi connectivity index (χ4n) is 1.47. The van der Waals surface area contributed by atoms with Gasteiger partial charge in [0.1, 0.15) is 12.4 Å². The third-order valence-electron chi connectivity index (χ3n) is 3.55. The Balaban J connectivity index is 2.46. The van der Waals surface area contributed by atoms with Crippen molar-refractivity contribution in [1.82, 2.24) is 5.32 Å². The summed E-state index contributed by atoms with van der Waals surface area (Å²) in [7, 11) is 0. The van der Waals surface area contributed by atoms with Crippen molar-refractivity contribution in [3.63, 3.8) is 0 Å². The topological polar surface area (TPSA) is 78.8 Å². The van der Waals surface area contributed by atoms with Crippen LogP contribution in [0.2, 0.25) is 0 Å². The number of hydrogen-bond donors (Lipinski definition) is 3. The molecule has 0 fully saturated rings. The lowest BCUT2D eigenvalue weighted by atomic mass is 9.86. The van der Waals surface area contributed by atoms with Crippen LogP contribution in [-0.2, 0) is 0 Å². The van der Waals surface area contributed by atoms with Crippen LogP contribution in [0.4, 0.5) is 0 Å². The summed E-state index contributed by atoms with van der Waals surface area (Å²) in [6.45, 7) is 8.27. The van der Waals surface area contributed by atoms with E-state index in [1.165, 1.54) is 12.1 Å². The van der Waals surface area contributed by atoms with Crippen LogP contribution in [0.25, 0.3) is 0 Å².